The van der Waals surface area contributed by atoms with Gasteiger partial charge in [0, 0.05) is 0 Å². The Morgan fingerprint density at radius 1 is 0.762 bits per heavy atom. The highest BCUT2D eigenvalue weighted by Crippen LogP contribution is 2.49. The number of hydrogen-bond donors (Lipinski definition) is 0. The number of fused-ring (bicyclic) bond motifs is 1. The molecule has 0 aliphatic heterocycles. The minimum absolute atomic E-state index is 1.05. The van der Waals surface area contributed by atoms with E-state index >= 15 is 0 Å². The van der Waals surface area contributed by atoms with Gasteiger partial charge in [0.15, 0.2) is 0 Å². The second-order valence-corrected chi connectivity index (χ2v) is 9.71. The van der Waals surface area contributed by atoms with E-state index in [1.807, 2.05) is 33.8 Å². The molecular weight excluding hydrogens is 504 g/mol. The first-order valence-electron chi connectivity index (χ1n) is 15.6. The summed E-state index contributed by atoms with van der Waals surface area (Å²) in [7, 11) is 0. The van der Waals surface area contributed by atoms with Crippen LogP contribution in [0.5, 0.6) is 0 Å². The van der Waals surface area contributed by atoms with Crippen molar-refractivity contribution >= 4 is 16.7 Å². The van der Waals surface area contributed by atoms with Crippen molar-refractivity contribution in [1.29, 1.82) is 0 Å². The molecule has 1 aliphatic rings. The number of benzene rings is 3. The first-order chi connectivity index (χ1) is 20.5. The minimum atomic E-state index is 1.05. The quantitative estimate of drug-likeness (QED) is 0.231. The standard InChI is InChI=1S/C38H38.2C2H6/c1-7-11-15-28(10-4)29-19-21-30(22-20-29)31-23-25-32(26-24-31)33-17-13-18-35-34(14-9-3)37(27(5)6)36(38(33)35)16-12-8-2;2*1-2/h7-8,10-13,15-26H,1,5,9,14H2,2-4,6H3;2*1-2H3/b12-8-,15-11-,28-10+,36-16+;;. The van der Waals surface area contributed by atoms with Gasteiger partial charge in [-0.1, -0.05) is 169 Å². The Hall–Kier alpha value is -4.16. The molecule has 0 saturated heterocycles. The fourth-order valence-electron chi connectivity index (χ4n) is 5.34. The predicted octanol–water partition coefficient (Wildman–Crippen LogP) is 13.3. The summed E-state index contributed by atoms with van der Waals surface area (Å²) in [5.74, 6) is 0. The predicted molar refractivity (Wildman–Crippen MR) is 192 cm³/mol. The smallest absolute Gasteiger partial charge is 0.00236 e. The molecule has 3 aromatic carbocycles. The molecule has 0 heteroatoms. The van der Waals surface area contributed by atoms with E-state index in [9.17, 15) is 0 Å². The average molecular weight is 555 g/mol. The van der Waals surface area contributed by atoms with E-state index in [2.05, 4.69) is 138 Å². The van der Waals surface area contributed by atoms with Crippen LogP contribution in [0.1, 0.15) is 84.9 Å². The zero-order valence-corrected chi connectivity index (χ0v) is 27.2. The van der Waals surface area contributed by atoms with Crippen molar-refractivity contribution in [2.75, 3.05) is 0 Å². The SMILES string of the molecule is C=C/C=C\C(=C/C)c1ccc(-c2ccc(-c3cccc4c3/C(=C/C=C\C)C(C(=C)C)=C4CCC)cc2)cc1.CC.CC. The van der Waals surface area contributed by atoms with E-state index < -0.39 is 0 Å². The van der Waals surface area contributed by atoms with Crippen LogP contribution in [-0.2, 0) is 0 Å². The molecule has 0 fully saturated rings. The molecule has 4 rings (SSSR count). The fourth-order valence-corrected chi connectivity index (χ4v) is 5.34. The van der Waals surface area contributed by atoms with Crippen molar-refractivity contribution in [2.45, 2.75) is 68.2 Å². The molecule has 0 saturated carbocycles. The maximum atomic E-state index is 4.36. The summed E-state index contributed by atoms with van der Waals surface area (Å²) in [6.45, 7) is 24.7. The molecule has 0 nitrogen and oxygen atoms in total. The summed E-state index contributed by atoms with van der Waals surface area (Å²) in [6, 6.07) is 24.5. The lowest BCUT2D eigenvalue weighted by Crippen LogP contribution is -1.91. The molecular formula is C42H50. The summed E-state index contributed by atoms with van der Waals surface area (Å²) in [5.41, 5.74) is 15.2. The van der Waals surface area contributed by atoms with Gasteiger partial charge in [-0.15, -0.1) is 0 Å². The van der Waals surface area contributed by atoms with Gasteiger partial charge in [-0.3, -0.25) is 0 Å². The van der Waals surface area contributed by atoms with Crippen LogP contribution in [0.4, 0.5) is 0 Å². The van der Waals surface area contributed by atoms with E-state index in [0.29, 0.717) is 0 Å². The van der Waals surface area contributed by atoms with Crippen LogP contribution in [0, 0.1) is 0 Å². The molecule has 0 amide bonds. The number of hydrogen-bond acceptors (Lipinski definition) is 0. The molecule has 0 spiro atoms. The van der Waals surface area contributed by atoms with Gasteiger partial charge in [0.25, 0.3) is 0 Å². The summed E-state index contributed by atoms with van der Waals surface area (Å²) < 4.78 is 0. The summed E-state index contributed by atoms with van der Waals surface area (Å²) in [6.07, 6.45) is 16.7. The zero-order valence-electron chi connectivity index (χ0n) is 27.2. The number of allylic oxidation sites excluding steroid dienone is 12. The topological polar surface area (TPSA) is 0 Å². The largest absolute Gasteiger partial charge is 0.0991 e. The third-order valence-corrected chi connectivity index (χ3v) is 7.08. The lowest BCUT2D eigenvalue weighted by atomic mass is 9.90. The van der Waals surface area contributed by atoms with Crippen LogP contribution in [0.2, 0.25) is 0 Å². The van der Waals surface area contributed by atoms with Crippen LogP contribution in [0.25, 0.3) is 39.0 Å². The molecule has 1 aliphatic carbocycles. The lowest BCUT2D eigenvalue weighted by Gasteiger charge is -2.13. The van der Waals surface area contributed by atoms with Crippen molar-refractivity contribution in [1.82, 2.24) is 0 Å². The maximum Gasteiger partial charge on any atom is -0.00236 e. The van der Waals surface area contributed by atoms with Gasteiger partial charge in [0.2, 0.25) is 0 Å². The minimum Gasteiger partial charge on any atom is -0.0991 e. The van der Waals surface area contributed by atoms with Gasteiger partial charge in [0.05, 0.1) is 0 Å². The Bertz CT molecular complexity index is 1480. The van der Waals surface area contributed by atoms with Gasteiger partial charge in [0.1, 0.15) is 0 Å². The van der Waals surface area contributed by atoms with E-state index in [4.69, 9.17) is 0 Å². The van der Waals surface area contributed by atoms with E-state index in [-0.39, 0.29) is 0 Å². The van der Waals surface area contributed by atoms with Crippen molar-refractivity contribution < 1.29 is 0 Å². The first-order valence-corrected chi connectivity index (χ1v) is 15.6. The summed E-state index contributed by atoms with van der Waals surface area (Å²) >= 11 is 0. The summed E-state index contributed by atoms with van der Waals surface area (Å²) in [4.78, 5) is 0. The summed E-state index contributed by atoms with van der Waals surface area (Å²) in [5, 5.41) is 0. The molecule has 42 heavy (non-hydrogen) atoms. The Labute approximate surface area is 256 Å². The van der Waals surface area contributed by atoms with Crippen LogP contribution in [0.3, 0.4) is 0 Å². The van der Waals surface area contributed by atoms with E-state index in [1.165, 1.54) is 61.2 Å². The van der Waals surface area contributed by atoms with Crippen molar-refractivity contribution in [2.24, 2.45) is 0 Å². The second-order valence-electron chi connectivity index (χ2n) is 9.71. The third kappa shape index (κ3) is 7.77. The highest BCUT2D eigenvalue weighted by molar-refractivity contribution is 6.07. The average Bonchev–Trinajstić information content (AvgIpc) is 3.36. The Kier molecular flexibility index (Phi) is 14.3. The lowest BCUT2D eigenvalue weighted by molar-refractivity contribution is 0.972. The molecule has 0 radical (unpaired) electrons. The third-order valence-electron chi connectivity index (χ3n) is 7.08. The second kappa shape index (κ2) is 17.6. The zero-order chi connectivity index (χ0) is 31.1. The highest BCUT2D eigenvalue weighted by atomic mass is 14.3. The van der Waals surface area contributed by atoms with Crippen molar-refractivity contribution in [3.8, 4) is 22.3 Å². The monoisotopic (exact) mass is 554 g/mol. The Morgan fingerprint density at radius 3 is 1.86 bits per heavy atom. The first kappa shape index (κ1) is 34.0. The fraction of sp³-hybridized carbons (Fsp3) is 0.238. The van der Waals surface area contributed by atoms with Gasteiger partial charge in [-0.25, -0.2) is 0 Å². The van der Waals surface area contributed by atoms with Crippen LogP contribution in [-0.4, -0.2) is 0 Å². The molecule has 0 unspecified atom stereocenters. The molecule has 0 bridgehead atoms. The van der Waals surface area contributed by atoms with E-state index in [1.54, 1.807) is 6.08 Å². The number of rotatable bonds is 9. The Balaban J connectivity index is 0.00000148. The normalized spacial score (nSPS) is 13.5. The van der Waals surface area contributed by atoms with E-state index in [0.717, 1.165) is 18.4 Å². The van der Waals surface area contributed by atoms with Gasteiger partial charge in [-0.05, 0) is 88.4 Å². The van der Waals surface area contributed by atoms with Crippen LogP contribution < -0.4 is 0 Å². The molecule has 0 atom stereocenters. The van der Waals surface area contributed by atoms with Crippen molar-refractivity contribution in [3.05, 3.63) is 150 Å². The van der Waals surface area contributed by atoms with Gasteiger partial charge >= 0.3 is 0 Å². The maximum absolute atomic E-state index is 4.36. The van der Waals surface area contributed by atoms with Crippen LogP contribution in [0.15, 0.2) is 134 Å². The van der Waals surface area contributed by atoms with Gasteiger partial charge < -0.3 is 0 Å². The molecule has 218 valence electrons. The Morgan fingerprint density at radius 2 is 1.33 bits per heavy atom. The molecule has 0 N–H and O–H groups in total. The highest BCUT2D eigenvalue weighted by Gasteiger charge is 2.28. The van der Waals surface area contributed by atoms with Crippen molar-refractivity contribution in [3.63, 3.8) is 0 Å². The van der Waals surface area contributed by atoms with Crippen LogP contribution >= 0.6 is 0 Å². The molecule has 0 aromatic heterocycles. The molecule has 3 aromatic rings. The van der Waals surface area contributed by atoms with Gasteiger partial charge in [-0.2, -0.15) is 0 Å². The molecule has 0 heterocycles.